The maximum atomic E-state index is 11.6. The normalized spacial score (nSPS) is 11.3. The second-order valence-electron chi connectivity index (χ2n) is 5.96. The first-order chi connectivity index (χ1) is 12.8. The Labute approximate surface area is 156 Å². The van der Waals surface area contributed by atoms with E-state index in [4.69, 9.17) is 0 Å². The zero-order chi connectivity index (χ0) is 19.4. The maximum Gasteiger partial charge on any atom is 0.294 e. The van der Waals surface area contributed by atoms with Crippen molar-refractivity contribution in [2.45, 2.75) is 18.0 Å². The smallest absolute Gasteiger partial charge is 0.294 e. The number of nitrogens with zero attached hydrogens (tertiary/aromatic N) is 3. The SMILES string of the molecule is CS(=O)(=O)c1ccc(-c2cc(CO[N+](=O)[O-])nn2Cc2ccccc2)cc1. The molecule has 0 saturated carbocycles. The van der Waals surface area contributed by atoms with Gasteiger partial charge >= 0.3 is 0 Å². The van der Waals surface area contributed by atoms with Crippen LogP contribution in [-0.2, 0) is 27.8 Å². The van der Waals surface area contributed by atoms with Crippen LogP contribution in [0.25, 0.3) is 11.3 Å². The fourth-order valence-electron chi connectivity index (χ4n) is 2.64. The van der Waals surface area contributed by atoms with Crippen LogP contribution in [-0.4, -0.2) is 29.5 Å². The van der Waals surface area contributed by atoms with Gasteiger partial charge in [-0.15, -0.1) is 10.1 Å². The van der Waals surface area contributed by atoms with Crippen molar-refractivity contribution in [3.05, 3.63) is 82.0 Å². The third-order valence-corrected chi connectivity index (χ3v) is 5.03. The van der Waals surface area contributed by atoms with Crippen LogP contribution in [0, 0.1) is 10.1 Å². The highest BCUT2D eigenvalue weighted by atomic mass is 32.2. The largest absolute Gasteiger partial charge is 0.307 e. The summed E-state index contributed by atoms with van der Waals surface area (Å²) in [6, 6.07) is 17.8. The molecule has 8 nitrogen and oxygen atoms in total. The molecule has 0 bridgehead atoms. The van der Waals surface area contributed by atoms with Gasteiger partial charge in [0.1, 0.15) is 6.61 Å². The number of sulfone groups is 1. The lowest BCUT2D eigenvalue weighted by atomic mass is 10.1. The summed E-state index contributed by atoms with van der Waals surface area (Å²) < 4.78 is 25.0. The number of hydrogen-bond donors (Lipinski definition) is 0. The van der Waals surface area contributed by atoms with Gasteiger partial charge in [-0.3, -0.25) is 4.68 Å². The van der Waals surface area contributed by atoms with Gasteiger partial charge in [-0.05, 0) is 29.3 Å². The van der Waals surface area contributed by atoms with E-state index in [1.165, 1.54) is 12.1 Å². The molecule has 0 fully saturated rings. The van der Waals surface area contributed by atoms with Crippen LogP contribution in [0.4, 0.5) is 0 Å². The second kappa shape index (κ2) is 7.58. The fourth-order valence-corrected chi connectivity index (χ4v) is 3.27. The number of rotatable bonds is 7. The van der Waals surface area contributed by atoms with E-state index in [0.29, 0.717) is 17.9 Å². The Hall–Kier alpha value is -3.20. The molecule has 0 N–H and O–H groups in total. The number of aromatic nitrogens is 2. The average molecular weight is 387 g/mol. The molecule has 27 heavy (non-hydrogen) atoms. The molecule has 0 saturated heterocycles. The molecule has 0 aliphatic rings. The summed E-state index contributed by atoms with van der Waals surface area (Å²) in [4.78, 5) is 15.1. The Morgan fingerprint density at radius 1 is 1.11 bits per heavy atom. The van der Waals surface area contributed by atoms with Gasteiger partial charge < -0.3 is 4.84 Å². The molecule has 0 aliphatic carbocycles. The third-order valence-electron chi connectivity index (χ3n) is 3.90. The van der Waals surface area contributed by atoms with E-state index in [-0.39, 0.29) is 11.5 Å². The first-order valence-corrected chi connectivity index (χ1v) is 9.90. The molecule has 3 aromatic rings. The monoisotopic (exact) mass is 387 g/mol. The molecule has 0 amide bonds. The van der Waals surface area contributed by atoms with E-state index in [1.54, 1.807) is 22.9 Å². The Morgan fingerprint density at radius 3 is 2.37 bits per heavy atom. The van der Waals surface area contributed by atoms with Crippen molar-refractivity contribution in [1.82, 2.24) is 9.78 Å². The number of hydrogen-bond acceptors (Lipinski definition) is 6. The first-order valence-electron chi connectivity index (χ1n) is 8.01. The summed E-state index contributed by atoms with van der Waals surface area (Å²) >= 11 is 0. The molecule has 1 heterocycles. The topological polar surface area (TPSA) is 104 Å². The Kier molecular flexibility index (Phi) is 5.22. The Bertz CT molecular complexity index is 1040. The van der Waals surface area contributed by atoms with Crippen LogP contribution in [0.5, 0.6) is 0 Å². The zero-order valence-electron chi connectivity index (χ0n) is 14.5. The summed E-state index contributed by atoms with van der Waals surface area (Å²) in [5.74, 6) is 0. The van der Waals surface area contributed by atoms with Gasteiger partial charge in [0.25, 0.3) is 5.09 Å². The highest BCUT2D eigenvalue weighted by molar-refractivity contribution is 7.90. The lowest BCUT2D eigenvalue weighted by molar-refractivity contribution is -0.763. The van der Waals surface area contributed by atoms with Crippen LogP contribution in [0.1, 0.15) is 11.3 Å². The minimum atomic E-state index is -3.29. The molecule has 1 aromatic heterocycles. The van der Waals surface area contributed by atoms with Crippen LogP contribution in [0.15, 0.2) is 65.6 Å². The first kappa shape index (κ1) is 18.6. The van der Waals surface area contributed by atoms with Crippen molar-refractivity contribution in [1.29, 1.82) is 0 Å². The van der Waals surface area contributed by atoms with E-state index >= 15 is 0 Å². The van der Waals surface area contributed by atoms with E-state index in [1.807, 2.05) is 30.3 Å². The van der Waals surface area contributed by atoms with E-state index in [0.717, 1.165) is 17.4 Å². The molecule has 3 rings (SSSR count). The van der Waals surface area contributed by atoms with Crippen molar-refractivity contribution >= 4 is 9.84 Å². The highest BCUT2D eigenvalue weighted by Gasteiger charge is 2.13. The van der Waals surface area contributed by atoms with Crippen molar-refractivity contribution in [3.8, 4) is 11.3 Å². The predicted octanol–water partition coefficient (Wildman–Crippen LogP) is 2.71. The van der Waals surface area contributed by atoms with Crippen LogP contribution < -0.4 is 0 Å². The second-order valence-corrected chi connectivity index (χ2v) is 7.97. The predicted molar refractivity (Wildman–Crippen MR) is 98.1 cm³/mol. The van der Waals surface area contributed by atoms with Gasteiger partial charge in [0.05, 0.1) is 22.8 Å². The minimum absolute atomic E-state index is 0.220. The molecule has 0 spiro atoms. The molecule has 2 aromatic carbocycles. The van der Waals surface area contributed by atoms with E-state index in [9.17, 15) is 18.5 Å². The Morgan fingerprint density at radius 2 is 1.78 bits per heavy atom. The van der Waals surface area contributed by atoms with E-state index < -0.39 is 14.9 Å². The van der Waals surface area contributed by atoms with Crippen molar-refractivity contribution < 1.29 is 18.3 Å². The van der Waals surface area contributed by atoms with E-state index in [2.05, 4.69) is 9.94 Å². The minimum Gasteiger partial charge on any atom is -0.307 e. The molecule has 140 valence electrons. The van der Waals surface area contributed by atoms with Crippen LogP contribution in [0.2, 0.25) is 0 Å². The lowest BCUT2D eigenvalue weighted by Crippen LogP contribution is -2.06. The van der Waals surface area contributed by atoms with Gasteiger partial charge in [-0.25, -0.2) is 8.42 Å². The fraction of sp³-hybridized carbons (Fsp3) is 0.167. The molecule has 0 aliphatic heterocycles. The van der Waals surface area contributed by atoms with Gasteiger partial charge in [-0.2, -0.15) is 5.10 Å². The molecular weight excluding hydrogens is 370 g/mol. The standard InChI is InChI=1S/C18H17N3O5S/c1-27(24,25)17-9-7-15(8-10-17)18-11-16(13-26-21(22)23)19-20(18)12-14-5-3-2-4-6-14/h2-11H,12-13H2,1H3. The molecular formula is C18H17N3O5S. The van der Waals surface area contributed by atoms with Crippen molar-refractivity contribution in [2.24, 2.45) is 0 Å². The highest BCUT2D eigenvalue weighted by Crippen LogP contribution is 2.24. The summed E-state index contributed by atoms with van der Waals surface area (Å²) in [7, 11) is -3.29. The molecule has 9 heteroatoms. The van der Waals surface area contributed by atoms with Gasteiger partial charge in [0, 0.05) is 6.26 Å². The van der Waals surface area contributed by atoms with Crippen LogP contribution >= 0.6 is 0 Å². The third kappa shape index (κ3) is 4.70. The maximum absolute atomic E-state index is 11.6. The van der Waals surface area contributed by atoms with Gasteiger partial charge in [0.2, 0.25) is 0 Å². The molecule has 0 unspecified atom stereocenters. The van der Waals surface area contributed by atoms with Crippen molar-refractivity contribution in [3.63, 3.8) is 0 Å². The molecule has 0 radical (unpaired) electrons. The van der Waals surface area contributed by atoms with Crippen LogP contribution in [0.3, 0.4) is 0 Å². The lowest BCUT2D eigenvalue weighted by Gasteiger charge is -2.08. The zero-order valence-corrected chi connectivity index (χ0v) is 15.3. The summed E-state index contributed by atoms with van der Waals surface area (Å²) in [6.07, 6.45) is 1.15. The molecule has 0 atom stereocenters. The van der Waals surface area contributed by atoms with Gasteiger partial charge in [-0.1, -0.05) is 42.5 Å². The average Bonchev–Trinajstić information content (AvgIpc) is 3.03. The quantitative estimate of drug-likeness (QED) is 0.456. The summed E-state index contributed by atoms with van der Waals surface area (Å²) in [5, 5.41) is 14.0. The number of benzene rings is 2. The summed E-state index contributed by atoms with van der Waals surface area (Å²) in [6.45, 7) is 0.200. The van der Waals surface area contributed by atoms with Gasteiger partial charge in [0.15, 0.2) is 9.84 Å². The Balaban J connectivity index is 1.97. The summed E-state index contributed by atoms with van der Waals surface area (Å²) in [5.41, 5.74) is 2.88. The van der Waals surface area contributed by atoms with Crippen molar-refractivity contribution in [2.75, 3.05) is 6.26 Å².